The van der Waals surface area contributed by atoms with E-state index in [0.29, 0.717) is 0 Å². The SMILES string of the molecule is CC(C)(C)c1ccc2c([c]1[Zr]([CH3])([CH3])([C]1=CC=CC1)([C]1=CC=CC1)([c]1c(C(C)(C)C)ccc3c1Cc1ccccc1-3)[CH](c1ccccc1)c1ccccc1)Cc1ccccc1-2.Cl.Cl. The van der Waals surface area contributed by atoms with Gasteiger partial charge in [0.15, 0.2) is 0 Å². The van der Waals surface area contributed by atoms with Gasteiger partial charge in [0, 0.05) is 0 Å². The van der Waals surface area contributed by atoms with Crippen molar-refractivity contribution in [2.75, 3.05) is 0 Å². The maximum Gasteiger partial charge on any atom is -0.147 e. The molecule has 0 heterocycles. The van der Waals surface area contributed by atoms with Gasteiger partial charge in [-0.2, -0.15) is 0 Å². The topological polar surface area (TPSA) is 0 Å². The standard InChI is InChI=1S/2C17H17.C13H11.2C5H5.2CH3.2ClH.Zr/c2*1-17(2,3)14-8-9-16-13(11-14)10-12-6-4-5-7-15(12)16;1-3-7-12(8-4-1)11-13-9-5-2-6-10-13;2*1-2-4-5-3-1;;;;;/h2*4-9H,10H2,1-3H3;1-11H;2*1-3H,4H2;2*1H3;2*1H;. The number of hydrogen-bond acceptors (Lipinski definition) is 0. The van der Waals surface area contributed by atoms with Gasteiger partial charge >= 0.3 is 357 Å². The minimum atomic E-state index is -7.07. The predicted octanol–water partition coefficient (Wildman–Crippen LogP) is 15.6. The molecule has 0 bridgehead atoms. The summed E-state index contributed by atoms with van der Waals surface area (Å²) >= 11 is -7.07. The quantitative estimate of drug-likeness (QED) is 0.149. The van der Waals surface area contributed by atoms with E-state index in [4.69, 9.17) is 0 Å². The zero-order chi connectivity index (χ0) is 41.8. The van der Waals surface area contributed by atoms with E-state index >= 15 is 0 Å². The van der Waals surface area contributed by atoms with Gasteiger partial charge < -0.3 is 0 Å². The summed E-state index contributed by atoms with van der Waals surface area (Å²) in [6.07, 6.45) is 18.8. The van der Waals surface area contributed by atoms with Gasteiger partial charge in [-0.3, -0.25) is 0 Å². The first-order valence-electron chi connectivity index (χ1n) is 22.5. The van der Waals surface area contributed by atoms with Crippen molar-refractivity contribution >= 4 is 31.4 Å². The molecule has 317 valence electrons. The van der Waals surface area contributed by atoms with Gasteiger partial charge in [0.05, 0.1) is 0 Å². The molecule has 0 aromatic heterocycles. The van der Waals surface area contributed by atoms with Gasteiger partial charge in [0.2, 0.25) is 0 Å². The largest absolute Gasteiger partial charge is 0.147 e. The average molecular weight is 934 g/mol. The van der Waals surface area contributed by atoms with Gasteiger partial charge in [-0.1, -0.05) is 0 Å². The van der Waals surface area contributed by atoms with E-state index in [1.165, 1.54) is 55.6 Å². The Bertz CT molecular complexity index is 2740. The zero-order valence-electron chi connectivity index (χ0n) is 37.9. The van der Waals surface area contributed by atoms with E-state index < -0.39 is 15.8 Å². The molecular weight excluding hydrogens is 871 g/mol. The monoisotopic (exact) mass is 931 g/mol. The number of fused-ring (bicyclic) bond motifs is 6. The van der Waals surface area contributed by atoms with E-state index in [-0.39, 0.29) is 39.3 Å². The molecule has 0 amide bonds. The van der Waals surface area contributed by atoms with Crippen molar-refractivity contribution in [3.8, 4) is 22.3 Å². The molecule has 0 unspecified atom stereocenters. The van der Waals surface area contributed by atoms with E-state index in [1.54, 1.807) is 24.2 Å². The van der Waals surface area contributed by atoms with E-state index in [1.807, 2.05) is 0 Å². The number of allylic oxidation sites excluding steroid dienone is 8. The Morgan fingerprint density at radius 1 is 0.435 bits per heavy atom. The van der Waals surface area contributed by atoms with E-state index in [0.717, 1.165) is 25.7 Å². The van der Waals surface area contributed by atoms with Gasteiger partial charge in [-0.05, 0) is 0 Å². The van der Waals surface area contributed by atoms with Crippen LogP contribution < -0.4 is 6.54 Å². The van der Waals surface area contributed by atoms with Crippen molar-refractivity contribution in [2.45, 2.75) is 90.9 Å². The van der Waals surface area contributed by atoms with Crippen LogP contribution in [0.4, 0.5) is 0 Å². The molecule has 10 rings (SSSR count). The van der Waals surface area contributed by atoms with Crippen LogP contribution in [-0.2, 0) is 39.5 Å². The minimum absolute atomic E-state index is 0. The summed E-state index contributed by atoms with van der Waals surface area (Å²) in [4.78, 5) is 0. The van der Waals surface area contributed by atoms with Crippen LogP contribution in [0.3, 0.4) is 0 Å². The predicted molar refractivity (Wildman–Crippen MR) is 271 cm³/mol. The first-order chi connectivity index (χ1) is 28.6. The molecule has 0 fully saturated rings. The fraction of sp³-hybridized carbons (Fsp3) is 0.254. The second kappa shape index (κ2) is 14.1. The number of rotatable bonds is 7. The van der Waals surface area contributed by atoms with Crippen molar-refractivity contribution in [1.29, 1.82) is 0 Å². The molecule has 4 aliphatic carbocycles. The maximum absolute atomic E-state index is 7.07. The van der Waals surface area contributed by atoms with Crippen LogP contribution in [0.5, 0.6) is 0 Å². The molecule has 0 nitrogen and oxygen atoms in total. The maximum atomic E-state index is 3.01. The third kappa shape index (κ3) is 5.29. The summed E-state index contributed by atoms with van der Waals surface area (Å²) in [5.74, 6) is 0. The molecule has 0 N–H and O–H groups in total. The van der Waals surface area contributed by atoms with Crippen LogP contribution in [-0.4, -0.2) is 0 Å². The van der Waals surface area contributed by atoms with Gasteiger partial charge in [0.1, 0.15) is 0 Å². The summed E-state index contributed by atoms with van der Waals surface area (Å²) in [6, 6.07) is 52.5. The first kappa shape index (κ1) is 44.4. The zero-order valence-corrected chi connectivity index (χ0v) is 42.0. The van der Waals surface area contributed by atoms with Crippen molar-refractivity contribution in [3.05, 3.63) is 221 Å². The van der Waals surface area contributed by atoms with Crippen molar-refractivity contribution in [3.63, 3.8) is 0 Å². The Balaban J connectivity index is 0.00000264. The minimum Gasteiger partial charge on any atom is -0.147 e. The normalized spacial score (nSPS) is 16.7. The molecule has 0 saturated carbocycles. The smallest absolute Gasteiger partial charge is 0.147 e. The van der Waals surface area contributed by atoms with Gasteiger partial charge in [0.25, 0.3) is 0 Å². The van der Waals surface area contributed by atoms with Gasteiger partial charge in [-0.25, -0.2) is 0 Å². The first-order valence-corrected chi connectivity index (χ1v) is 33.8. The van der Waals surface area contributed by atoms with Gasteiger partial charge in [-0.15, -0.1) is 24.8 Å². The van der Waals surface area contributed by atoms with Crippen LogP contribution in [0.15, 0.2) is 176 Å². The molecule has 0 saturated heterocycles. The summed E-state index contributed by atoms with van der Waals surface area (Å²) < 4.78 is 12.6. The average Bonchev–Trinajstić information content (AvgIpc) is 4.08. The van der Waals surface area contributed by atoms with Crippen LogP contribution in [0, 0.1) is 0 Å². The molecule has 6 aromatic rings. The molecule has 4 aliphatic rings. The number of halogens is 2. The third-order valence-electron chi connectivity index (χ3n) is 17.2. The summed E-state index contributed by atoms with van der Waals surface area (Å²) in [5.41, 5.74) is 17.0. The summed E-state index contributed by atoms with van der Waals surface area (Å²) in [5, 5.41) is 0. The molecule has 62 heavy (non-hydrogen) atoms. The number of hydrogen-bond donors (Lipinski definition) is 0. The van der Waals surface area contributed by atoms with E-state index in [2.05, 4.69) is 221 Å². The summed E-state index contributed by atoms with van der Waals surface area (Å²) in [6.45, 7) is 15.0. The fourth-order valence-corrected chi connectivity index (χ4v) is 53.7. The Morgan fingerprint density at radius 2 is 0.806 bits per heavy atom. The van der Waals surface area contributed by atoms with E-state index in [9.17, 15) is 0 Å². The molecule has 0 radical (unpaired) electrons. The molecular formula is C59H63Cl2Zr. The van der Waals surface area contributed by atoms with Crippen LogP contribution in [0.1, 0.15) is 103 Å². The third-order valence-corrected chi connectivity index (χ3v) is 52.1. The second-order valence-electron chi connectivity index (χ2n) is 22.5. The molecule has 6 aromatic carbocycles. The summed E-state index contributed by atoms with van der Waals surface area (Å²) in [7, 11) is 0. The van der Waals surface area contributed by atoms with Crippen LogP contribution in [0.2, 0.25) is 9.26 Å². The Morgan fingerprint density at radius 3 is 1.16 bits per heavy atom. The molecule has 3 heteroatoms. The Kier molecular flexibility index (Phi) is 10.1. The Hall–Kier alpha value is -4.26. The second-order valence-corrected chi connectivity index (χ2v) is 51.2. The fourth-order valence-electron chi connectivity index (χ4n) is 14.9. The van der Waals surface area contributed by atoms with Crippen LogP contribution in [0.25, 0.3) is 22.3 Å². The van der Waals surface area contributed by atoms with Crippen molar-refractivity contribution in [2.24, 2.45) is 0 Å². The van der Waals surface area contributed by atoms with Crippen molar-refractivity contribution < 1.29 is 15.8 Å². The van der Waals surface area contributed by atoms with Crippen molar-refractivity contribution in [1.82, 2.24) is 0 Å². The molecule has 0 aliphatic heterocycles. The Labute approximate surface area is 378 Å². The molecule has 0 atom stereocenters. The molecule has 0 spiro atoms. The number of benzene rings is 6. The van der Waals surface area contributed by atoms with Crippen LogP contribution >= 0.6 is 24.8 Å².